The summed E-state index contributed by atoms with van der Waals surface area (Å²) in [5.74, 6) is 1.05. The van der Waals surface area contributed by atoms with Gasteiger partial charge in [-0.2, -0.15) is 13.2 Å². The fraction of sp³-hybridized carbons (Fsp3) is 0.615. The molecule has 1 aromatic heterocycles. The maximum absolute atomic E-state index is 12.8. The van der Waals surface area contributed by atoms with Crippen molar-refractivity contribution in [1.29, 1.82) is 0 Å². The highest BCUT2D eigenvalue weighted by atomic mass is 19.4. The molecule has 6 heteroatoms. The smallest absolute Gasteiger partial charge is 0.373 e. The molecule has 3 nitrogen and oxygen atoms in total. The zero-order valence-electron chi connectivity index (χ0n) is 11.7. The molecule has 108 valence electrons. The maximum atomic E-state index is 12.8. The summed E-state index contributed by atoms with van der Waals surface area (Å²) >= 11 is 0. The van der Waals surface area contributed by atoms with Crippen molar-refractivity contribution >= 4 is 11.6 Å². The Morgan fingerprint density at radius 1 is 1.32 bits per heavy atom. The zero-order chi connectivity index (χ0) is 14.6. The van der Waals surface area contributed by atoms with Gasteiger partial charge >= 0.3 is 6.18 Å². The molecule has 0 radical (unpaired) electrons. The lowest BCUT2D eigenvalue weighted by molar-refractivity contribution is -0.137. The number of rotatable bonds is 5. The summed E-state index contributed by atoms with van der Waals surface area (Å²) in [5, 5.41) is 2.66. The van der Waals surface area contributed by atoms with Gasteiger partial charge in [-0.3, -0.25) is 0 Å². The Balaban J connectivity index is 2.99. The van der Waals surface area contributed by atoms with Gasteiger partial charge in [-0.1, -0.05) is 13.8 Å². The topological polar surface area (TPSA) is 28.2 Å². The highest BCUT2D eigenvalue weighted by Crippen LogP contribution is 2.32. The van der Waals surface area contributed by atoms with E-state index in [1.54, 1.807) is 19.0 Å². The average Bonchev–Trinajstić information content (AvgIpc) is 2.34. The molecule has 0 unspecified atom stereocenters. The molecule has 0 spiro atoms. The molecule has 0 aromatic carbocycles. The van der Waals surface area contributed by atoms with Crippen molar-refractivity contribution < 1.29 is 13.2 Å². The quantitative estimate of drug-likeness (QED) is 0.889. The fourth-order valence-corrected chi connectivity index (χ4v) is 1.57. The molecule has 0 aliphatic rings. The zero-order valence-corrected chi connectivity index (χ0v) is 11.7. The van der Waals surface area contributed by atoms with Crippen molar-refractivity contribution in [2.24, 2.45) is 5.92 Å². The Bertz CT molecular complexity index is 416. The molecule has 0 atom stereocenters. The largest absolute Gasteiger partial charge is 0.416 e. The predicted molar refractivity (Wildman–Crippen MR) is 71.5 cm³/mol. The van der Waals surface area contributed by atoms with Crippen LogP contribution in [-0.4, -0.2) is 25.6 Å². The lowest BCUT2D eigenvalue weighted by Crippen LogP contribution is -2.22. The first-order valence-corrected chi connectivity index (χ1v) is 6.22. The molecule has 1 N–H and O–H groups in total. The summed E-state index contributed by atoms with van der Waals surface area (Å²) in [5.41, 5.74) is -0.682. The second kappa shape index (κ2) is 6.12. The van der Waals surface area contributed by atoms with Gasteiger partial charge in [0.1, 0.15) is 11.6 Å². The van der Waals surface area contributed by atoms with Gasteiger partial charge in [-0.15, -0.1) is 0 Å². The Kier molecular flexibility index (Phi) is 5.03. The first kappa shape index (κ1) is 15.6. The van der Waals surface area contributed by atoms with E-state index in [2.05, 4.69) is 24.1 Å². The normalized spacial score (nSPS) is 11.8. The number of nitrogens with zero attached hydrogens (tertiary/aromatic N) is 2. The summed E-state index contributed by atoms with van der Waals surface area (Å²) in [6, 6.07) is 2.10. The summed E-state index contributed by atoms with van der Waals surface area (Å²) in [6.07, 6.45) is -3.45. The molecule has 1 aromatic rings. The number of hydrogen-bond donors (Lipinski definition) is 1. The van der Waals surface area contributed by atoms with Gasteiger partial charge in [-0.25, -0.2) is 4.98 Å². The third-order valence-electron chi connectivity index (χ3n) is 2.83. The van der Waals surface area contributed by atoms with Crippen molar-refractivity contribution in [2.45, 2.75) is 26.4 Å². The Labute approximate surface area is 111 Å². The van der Waals surface area contributed by atoms with E-state index in [-0.39, 0.29) is 5.82 Å². The van der Waals surface area contributed by atoms with Gasteiger partial charge in [0.05, 0.1) is 5.56 Å². The second-order valence-electron chi connectivity index (χ2n) is 4.95. The molecule has 0 aliphatic carbocycles. The summed E-state index contributed by atoms with van der Waals surface area (Å²) < 4.78 is 38.4. The van der Waals surface area contributed by atoms with Crippen LogP contribution in [0, 0.1) is 5.92 Å². The minimum Gasteiger partial charge on any atom is -0.373 e. The number of nitrogens with one attached hydrogen (secondary N) is 1. The van der Waals surface area contributed by atoms with Crippen LogP contribution in [0.3, 0.4) is 0 Å². The molecular weight excluding hydrogens is 255 g/mol. The standard InChI is InChI=1S/C13H20F3N3/c1-9(2)5-6-19(4)12-8-10(13(14,15)16)7-11(17-3)18-12/h7-9H,5-6H2,1-4H3,(H,17,18). The van der Waals surface area contributed by atoms with E-state index in [1.165, 1.54) is 0 Å². The molecular formula is C13H20F3N3. The molecule has 0 amide bonds. The van der Waals surface area contributed by atoms with E-state index in [1.807, 2.05) is 0 Å². The van der Waals surface area contributed by atoms with E-state index in [0.717, 1.165) is 18.6 Å². The average molecular weight is 275 g/mol. The van der Waals surface area contributed by atoms with Gasteiger partial charge in [-0.05, 0) is 24.5 Å². The monoisotopic (exact) mass is 275 g/mol. The Hall–Kier alpha value is -1.46. The molecule has 1 rings (SSSR count). The van der Waals surface area contributed by atoms with Crippen LogP contribution in [0.5, 0.6) is 0 Å². The van der Waals surface area contributed by atoms with E-state index in [4.69, 9.17) is 0 Å². The molecule has 0 fully saturated rings. The minimum atomic E-state index is -4.36. The molecule has 0 saturated heterocycles. The number of pyridine rings is 1. The van der Waals surface area contributed by atoms with Crippen LogP contribution in [0.2, 0.25) is 0 Å². The van der Waals surface area contributed by atoms with Crippen molar-refractivity contribution in [3.63, 3.8) is 0 Å². The minimum absolute atomic E-state index is 0.223. The molecule has 0 bridgehead atoms. The van der Waals surface area contributed by atoms with Gasteiger partial charge in [0.25, 0.3) is 0 Å². The molecule has 0 aliphatic heterocycles. The van der Waals surface area contributed by atoms with Crippen LogP contribution in [0.1, 0.15) is 25.8 Å². The van der Waals surface area contributed by atoms with Crippen LogP contribution in [0.15, 0.2) is 12.1 Å². The third kappa shape index (κ3) is 4.61. The van der Waals surface area contributed by atoms with Gasteiger partial charge in [0.15, 0.2) is 0 Å². The van der Waals surface area contributed by atoms with Crippen LogP contribution in [-0.2, 0) is 6.18 Å². The van der Waals surface area contributed by atoms with Crippen LogP contribution in [0.4, 0.5) is 24.8 Å². The third-order valence-corrected chi connectivity index (χ3v) is 2.83. The van der Waals surface area contributed by atoms with Crippen molar-refractivity contribution in [1.82, 2.24) is 4.98 Å². The summed E-state index contributed by atoms with van der Waals surface area (Å²) in [7, 11) is 3.31. The molecule has 0 saturated carbocycles. The van der Waals surface area contributed by atoms with Crippen LogP contribution in [0.25, 0.3) is 0 Å². The van der Waals surface area contributed by atoms with Crippen LogP contribution < -0.4 is 10.2 Å². The second-order valence-corrected chi connectivity index (χ2v) is 4.95. The highest BCUT2D eigenvalue weighted by Gasteiger charge is 2.32. The Morgan fingerprint density at radius 3 is 2.42 bits per heavy atom. The van der Waals surface area contributed by atoms with Gasteiger partial charge in [0, 0.05) is 20.6 Å². The van der Waals surface area contributed by atoms with Crippen molar-refractivity contribution in [3.8, 4) is 0 Å². The van der Waals surface area contributed by atoms with E-state index >= 15 is 0 Å². The van der Waals surface area contributed by atoms with Crippen LogP contribution >= 0.6 is 0 Å². The SMILES string of the molecule is CNc1cc(C(F)(F)F)cc(N(C)CCC(C)C)n1. The van der Waals surface area contributed by atoms with E-state index in [9.17, 15) is 13.2 Å². The molecule has 1 heterocycles. The molecule has 19 heavy (non-hydrogen) atoms. The Morgan fingerprint density at radius 2 is 1.95 bits per heavy atom. The van der Waals surface area contributed by atoms with Gasteiger partial charge in [0.2, 0.25) is 0 Å². The van der Waals surface area contributed by atoms with E-state index < -0.39 is 11.7 Å². The summed E-state index contributed by atoms with van der Waals surface area (Å²) in [4.78, 5) is 5.90. The first-order valence-electron chi connectivity index (χ1n) is 6.22. The highest BCUT2D eigenvalue weighted by molar-refractivity contribution is 5.50. The first-order chi connectivity index (χ1) is 8.74. The van der Waals surface area contributed by atoms with Crippen molar-refractivity contribution in [2.75, 3.05) is 30.9 Å². The lowest BCUT2D eigenvalue weighted by Gasteiger charge is -2.21. The van der Waals surface area contributed by atoms with Crippen molar-refractivity contribution in [3.05, 3.63) is 17.7 Å². The summed E-state index contributed by atoms with van der Waals surface area (Å²) in [6.45, 7) is 4.83. The number of hydrogen-bond acceptors (Lipinski definition) is 3. The maximum Gasteiger partial charge on any atom is 0.416 e. The fourth-order valence-electron chi connectivity index (χ4n) is 1.57. The number of alkyl halides is 3. The number of anilines is 2. The predicted octanol–water partition coefficient (Wildman–Crippen LogP) is 3.62. The lowest BCUT2D eigenvalue weighted by atomic mass is 10.1. The number of halogens is 3. The number of aromatic nitrogens is 1. The van der Waals surface area contributed by atoms with Gasteiger partial charge < -0.3 is 10.2 Å². The van der Waals surface area contributed by atoms with E-state index in [0.29, 0.717) is 18.3 Å².